The normalized spacial score (nSPS) is 25.1. The molecule has 1 amide bonds. The van der Waals surface area contributed by atoms with Crippen LogP contribution in [0.1, 0.15) is 32.1 Å². The number of unbranched alkanes of at least 4 members (excludes halogenated alkanes) is 3. The Hall–Kier alpha value is -0.650. The van der Waals surface area contributed by atoms with Crippen LogP contribution in [0, 0.1) is 0 Å². The highest BCUT2D eigenvalue weighted by Gasteiger charge is 2.31. The second kappa shape index (κ2) is 6.83. The molecule has 0 bridgehead atoms. The Kier molecular flexibility index (Phi) is 5.73. The van der Waals surface area contributed by atoms with E-state index in [9.17, 15) is 15.0 Å². The first-order chi connectivity index (χ1) is 7.65. The van der Waals surface area contributed by atoms with Gasteiger partial charge in [0.2, 0.25) is 5.91 Å². The van der Waals surface area contributed by atoms with E-state index in [-0.39, 0.29) is 19.0 Å². The Labute approximate surface area is 96.2 Å². The Morgan fingerprint density at radius 1 is 1.12 bits per heavy atom. The van der Waals surface area contributed by atoms with Crippen LogP contribution in [-0.2, 0) is 4.79 Å². The molecule has 1 rings (SSSR count). The summed E-state index contributed by atoms with van der Waals surface area (Å²) in [5.41, 5.74) is 5.37. The van der Waals surface area contributed by atoms with Crippen molar-refractivity contribution in [2.45, 2.75) is 44.3 Å². The fourth-order valence-corrected chi connectivity index (χ4v) is 1.91. The van der Waals surface area contributed by atoms with Crippen molar-refractivity contribution in [3.8, 4) is 0 Å². The highest BCUT2D eigenvalue weighted by Crippen LogP contribution is 2.13. The SMILES string of the molecule is NCCCCCCC(=O)N1C[C@@H](O)[C@@H](O)C1. The van der Waals surface area contributed by atoms with Crippen LogP contribution in [0.25, 0.3) is 0 Å². The van der Waals surface area contributed by atoms with Gasteiger partial charge in [0.1, 0.15) is 0 Å². The van der Waals surface area contributed by atoms with Gasteiger partial charge in [-0.25, -0.2) is 0 Å². The minimum Gasteiger partial charge on any atom is -0.388 e. The number of β-amino-alcohol motifs (C(OH)–C–C–N with tert-alkyl or cyclic N) is 2. The maximum Gasteiger partial charge on any atom is 0.222 e. The third-order valence-electron chi connectivity index (χ3n) is 2.96. The lowest BCUT2D eigenvalue weighted by Gasteiger charge is -2.14. The molecule has 0 aromatic rings. The van der Waals surface area contributed by atoms with E-state index < -0.39 is 12.2 Å². The molecule has 94 valence electrons. The summed E-state index contributed by atoms with van der Waals surface area (Å²) in [6.07, 6.45) is 2.90. The number of nitrogens with two attached hydrogens (primary N) is 1. The monoisotopic (exact) mass is 230 g/mol. The number of hydrogen-bond acceptors (Lipinski definition) is 4. The van der Waals surface area contributed by atoms with Crippen molar-refractivity contribution >= 4 is 5.91 Å². The lowest BCUT2D eigenvalue weighted by molar-refractivity contribution is -0.130. The van der Waals surface area contributed by atoms with Gasteiger partial charge in [-0.1, -0.05) is 12.8 Å². The number of carbonyl (C=O) groups is 1. The Balaban J connectivity index is 2.11. The van der Waals surface area contributed by atoms with Crippen LogP contribution in [-0.4, -0.2) is 52.9 Å². The number of nitrogens with zero attached hydrogens (tertiary/aromatic N) is 1. The van der Waals surface area contributed by atoms with E-state index in [0.29, 0.717) is 13.0 Å². The van der Waals surface area contributed by atoms with E-state index >= 15 is 0 Å². The summed E-state index contributed by atoms with van der Waals surface area (Å²) in [7, 11) is 0. The maximum absolute atomic E-state index is 11.6. The zero-order chi connectivity index (χ0) is 12.0. The van der Waals surface area contributed by atoms with Crippen molar-refractivity contribution in [1.82, 2.24) is 4.90 Å². The van der Waals surface area contributed by atoms with Crippen LogP contribution in [0.15, 0.2) is 0 Å². The molecule has 0 unspecified atom stereocenters. The van der Waals surface area contributed by atoms with Gasteiger partial charge < -0.3 is 20.8 Å². The molecule has 0 aromatic heterocycles. The van der Waals surface area contributed by atoms with Crippen LogP contribution in [0.5, 0.6) is 0 Å². The predicted octanol–water partition coefficient (Wildman–Crippen LogP) is -0.540. The molecule has 0 saturated carbocycles. The lowest BCUT2D eigenvalue weighted by Crippen LogP contribution is -2.29. The van der Waals surface area contributed by atoms with Crippen molar-refractivity contribution in [2.24, 2.45) is 5.73 Å². The summed E-state index contributed by atoms with van der Waals surface area (Å²) >= 11 is 0. The van der Waals surface area contributed by atoms with Crippen LogP contribution >= 0.6 is 0 Å². The number of hydrogen-bond donors (Lipinski definition) is 3. The summed E-state index contributed by atoms with van der Waals surface area (Å²) in [6.45, 7) is 1.24. The van der Waals surface area contributed by atoms with Crippen LogP contribution in [0.3, 0.4) is 0 Å². The first-order valence-electron chi connectivity index (χ1n) is 5.99. The van der Waals surface area contributed by atoms with Gasteiger partial charge in [-0.3, -0.25) is 4.79 Å². The zero-order valence-electron chi connectivity index (χ0n) is 9.64. The summed E-state index contributed by atoms with van der Waals surface area (Å²) < 4.78 is 0. The average molecular weight is 230 g/mol. The Bertz CT molecular complexity index is 213. The summed E-state index contributed by atoms with van der Waals surface area (Å²) in [6, 6.07) is 0. The standard InChI is InChI=1S/C11H22N2O3/c12-6-4-2-1-3-5-11(16)13-7-9(14)10(15)8-13/h9-10,14-15H,1-8,12H2/t9-,10+. The number of carbonyl (C=O) groups excluding carboxylic acids is 1. The number of aliphatic hydroxyl groups is 2. The van der Waals surface area contributed by atoms with E-state index in [1.54, 1.807) is 0 Å². The van der Waals surface area contributed by atoms with Gasteiger partial charge in [0.15, 0.2) is 0 Å². The molecule has 0 radical (unpaired) electrons. The number of rotatable bonds is 6. The van der Waals surface area contributed by atoms with Crippen LogP contribution < -0.4 is 5.73 Å². The molecule has 2 atom stereocenters. The molecule has 1 aliphatic rings. The highest BCUT2D eigenvalue weighted by atomic mass is 16.3. The summed E-state index contributed by atoms with van der Waals surface area (Å²) in [5.74, 6) is 0.0309. The van der Waals surface area contributed by atoms with Crippen molar-refractivity contribution in [3.63, 3.8) is 0 Å². The van der Waals surface area contributed by atoms with Gasteiger partial charge in [0, 0.05) is 19.5 Å². The summed E-state index contributed by atoms with van der Waals surface area (Å²) in [5, 5.41) is 18.6. The third kappa shape index (κ3) is 4.08. The van der Waals surface area contributed by atoms with E-state index in [4.69, 9.17) is 5.73 Å². The van der Waals surface area contributed by atoms with Gasteiger partial charge in [-0.2, -0.15) is 0 Å². The predicted molar refractivity (Wildman–Crippen MR) is 60.7 cm³/mol. The molecule has 16 heavy (non-hydrogen) atoms. The second-order valence-corrected chi connectivity index (χ2v) is 4.39. The molecule has 0 spiro atoms. The first kappa shape index (κ1) is 13.4. The smallest absolute Gasteiger partial charge is 0.222 e. The number of aliphatic hydroxyl groups excluding tert-OH is 2. The van der Waals surface area contributed by atoms with Crippen molar-refractivity contribution in [2.75, 3.05) is 19.6 Å². The molecule has 1 saturated heterocycles. The van der Waals surface area contributed by atoms with Crippen molar-refractivity contribution < 1.29 is 15.0 Å². The molecular formula is C11H22N2O3. The zero-order valence-corrected chi connectivity index (χ0v) is 9.64. The first-order valence-corrected chi connectivity index (χ1v) is 5.99. The average Bonchev–Trinajstić information content (AvgIpc) is 2.59. The quantitative estimate of drug-likeness (QED) is 0.535. The van der Waals surface area contributed by atoms with Crippen molar-refractivity contribution in [1.29, 1.82) is 0 Å². The molecule has 1 fully saturated rings. The van der Waals surface area contributed by atoms with Gasteiger partial charge in [0.25, 0.3) is 0 Å². The van der Waals surface area contributed by atoms with E-state index in [0.717, 1.165) is 25.7 Å². The largest absolute Gasteiger partial charge is 0.388 e. The molecular weight excluding hydrogens is 208 g/mol. The third-order valence-corrected chi connectivity index (χ3v) is 2.96. The van der Waals surface area contributed by atoms with Gasteiger partial charge >= 0.3 is 0 Å². The maximum atomic E-state index is 11.6. The molecule has 5 nitrogen and oxygen atoms in total. The lowest BCUT2D eigenvalue weighted by atomic mass is 10.1. The molecule has 1 heterocycles. The van der Waals surface area contributed by atoms with E-state index in [2.05, 4.69) is 0 Å². The topological polar surface area (TPSA) is 86.8 Å². The molecule has 4 N–H and O–H groups in total. The minimum atomic E-state index is -0.777. The van der Waals surface area contributed by atoms with Crippen molar-refractivity contribution in [3.05, 3.63) is 0 Å². The highest BCUT2D eigenvalue weighted by molar-refractivity contribution is 5.76. The van der Waals surface area contributed by atoms with Crippen LogP contribution in [0.4, 0.5) is 0 Å². The molecule has 0 aromatic carbocycles. The van der Waals surface area contributed by atoms with Gasteiger partial charge in [-0.05, 0) is 19.4 Å². The molecule has 0 aliphatic carbocycles. The van der Waals surface area contributed by atoms with E-state index in [1.165, 1.54) is 4.90 Å². The van der Waals surface area contributed by atoms with E-state index in [1.807, 2.05) is 0 Å². The molecule has 5 heteroatoms. The fraction of sp³-hybridized carbons (Fsp3) is 0.909. The Morgan fingerprint density at radius 2 is 1.69 bits per heavy atom. The fourth-order valence-electron chi connectivity index (χ4n) is 1.91. The number of amides is 1. The summed E-state index contributed by atoms with van der Waals surface area (Å²) in [4.78, 5) is 13.2. The van der Waals surface area contributed by atoms with Gasteiger partial charge in [-0.15, -0.1) is 0 Å². The van der Waals surface area contributed by atoms with Gasteiger partial charge in [0.05, 0.1) is 12.2 Å². The second-order valence-electron chi connectivity index (χ2n) is 4.39. The number of likely N-dealkylation sites (tertiary alicyclic amines) is 1. The molecule has 1 aliphatic heterocycles. The van der Waals surface area contributed by atoms with Crippen LogP contribution in [0.2, 0.25) is 0 Å². The Morgan fingerprint density at radius 3 is 2.25 bits per heavy atom. The minimum absolute atomic E-state index is 0.0309.